The molecular formula is C43H33FO6. The van der Waals surface area contributed by atoms with E-state index in [0.29, 0.717) is 11.3 Å². The van der Waals surface area contributed by atoms with Crippen LogP contribution in [0.5, 0.6) is 23.0 Å². The van der Waals surface area contributed by atoms with Crippen LogP contribution in [0.15, 0.2) is 161 Å². The van der Waals surface area contributed by atoms with Crippen molar-refractivity contribution in [2.24, 2.45) is 0 Å². The Hall–Kier alpha value is -6.34. The molecule has 1 aromatic heterocycles. The first-order valence-corrected chi connectivity index (χ1v) is 16.2. The van der Waals surface area contributed by atoms with E-state index in [9.17, 15) is 4.79 Å². The summed E-state index contributed by atoms with van der Waals surface area (Å²) in [4.78, 5) is 14.5. The van der Waals surface area contributed by atoms with E-state index < -0.39 is 11.2 Å². The van der Waals surface area contributed by atoms with Crippen LogP contribution in [-0.4, -0.2) is 0 Å². The number of halogens is 1. The highest BCUT2D eigenvalue weighted by atomic mass is 19.1. The second-order valence-corrected chi connectivity index (χ2v) is 11.6. The van der Waals surface area contributed by atoms with Crippen LogP contribution >= 0.6 is 0 Å². The summed E-state index contributed by atoms with van der Waals surface area (Å²) in [7, 11) is 0. The van der Waals surface area contributed by atoms with Crippen molar-refractivity contribution in [2.75, 3.05) is 0 Å². The zero-order valence-electron chi connectivity index (χ0n) is 27.1. The molecule has 0 radical (unpaired) electrons. The van der Waals surface area contributed by atoms with Crippen molar-refractivity contribution in [1.29, 1.82) is 0 Å². The third-order valence-electron chi connectivity index (χ3n) is 8.03. The summed E-state index contributed by atoms with van der Waals surface area (Å²) < 4.78 is 46.4. The number of hydrogen-bond acceptors (Lipinski definition) is 6. The van der Waals surface area contributed by atoms with Gasteiger partial charge in [-0.25, -0.2) is 4.39 Å². The molecule has 0 spiro atoms. The van der Waals surface area contributed by atoms with Gasteiger partial charge >= 0.3 is 0 Å². The molecule has 7 aromatic rings. The van der Waals surface area contributed by atoms with E-state index in [1.807, 2.05) is 121 Å². The van der Waals surface area contributed by atoms with Gasteiger partial charge in [-0.3, -0.25) is 4.79 Å². The smallest absolute Gasteiger partial charge is 0.239 e. The van der Waals surface area contributed by atoms with Crippen LogP contribution in [0.25, 0.3) is 22.3 Å². The minimum Gasteiger partial charge on any atom is -0.489 e. The summed E-state index contributed by atoms with van der Waals surface area (Å²) in [6, 6.07) is 46.1. The Morgan fingerprint density at radius 1 is 0.500 bits per heavy atom. The second-order valence-electron chi connectivity index (χ2n) is 11.6. The Labute approximate surface area is 288 Å². The third-order valence-corrected chi connectivity index (χ3v) is 8.03. The highest BCUT2D eigenvalue weighted by Crippen LogP contribution is 2.38. The van der Waals surface area contributed by atoms with Crippen LogP contribution in [0.3, 0.4) is 0 Å². The summed E-state index contributed by atoms with van der Waals surface area (Å²) in [6.45, 7) is 0.777. The Morgan fingerprint density at radius 2 is 0.980 bits per heavy atom. The van der Waals surface area contributed by atoms with E-state index >= 15 is 4.39 Å². The molecule has 1 heterocycles. The molecule has 0 aliphatic rings. The Morgan fingerprint density at radius 3 is 1.50 bits per heavy atom. The summed E-state index contributed by atoms with van der Waals surface area (Å²) in [5, 5.41) is 0.183. The molecule has 248 valence electrons. The van der Waals surface area contributed by atoms with Crippen LogP contribution in [0, 0.1) is 5.82 Å². The molecule has 0 bridgehead atoms. The van der Waals surface area contributed by atoms with E-state index in [4.69, 9.17) is 23.4 Å². The fourth-order valence-electron chi connectivity index (χ4n) is 5.46. The lowest BCUT2D eigenvalue weighted by Gasteiger charge is -2.16. The summed E-state index contributed by atoms with van der Waals surface area (Å²) >= 11 is 0. The lowest BCUT2D eigenvalue weighted by atomic mass is 10.1. The number of ether oxygens (including phenoxy) is 4. The lowest BCUT2D eigenvalue weighted by molar-refractivity contribution is 0.288. The fourth-order valence-corrected chi connectivity index (χ4v) is 5.46. The molecule has 0 fully saturated rings. The van der Waals surface area contributed by atoms with E-state index in [2.05, 4.69) is 0 Å². The molecule has 7 heteroatoms. The van der Waals surface area contributed by atoms with Crippen molar-refractivity contribution in [3.63, 3.8) is 0 Å². The van der Waals surface area contributed by atoms with Gasteiger partial charge in [-0.15, -0.1) is 0 Å². The van der Waals surface area contributed by atoms with Crippen molar-refractivity contribution in [1.82, 2.24) is 0 Å². The molecule has 0 aliphatic heterocycles. The zero-order chi connectivity index (χ0) is 34.1. The molecule has 6 aromatic carbocycles. The van der Waals surface area contributed by atoms with E-state index in [0.717, 1.165) is 22.3 Å². The first-order chi connectivity index (χ1) is 24.6. The Balaban J connectivity index is 1.30. The maximum Gasteiger partial charge on any atom is 0.239 e. The molecule has 0 atom stereocenters. The second kappa shape index (κ2) is 15.3. The Kier molecular flexibility index (Phi) is 9.83. The van der Waals surface area contributed by atoms with Gasteiger partial charge in [0.05, 0.1) is 0 Å². The largest absolute Gasteiger partial charge is 0.489 e. The highest BCUT2D eigenvalue weighted by Gasteiger charge is 2.23. The number of hydrogen-bond donors (Lipinski definition) is 0. The van der Waals surface area contributed by atoms with Crippen LogP contribution < -0.4 is 24.4 Å². The van der Waals surface area contributed by atoms with Crippen LogP contribution in [0.2, 0.25) is 0 Å². The number of fused-ring (bicyclic) bond motifs is 1. The first kappa shape index (κ1) is 32.2. The third kappa shape index (κ3) is 7.69. The van der Waals surface area contributed by atoms with Crippen LogP contribution in [-0.2, 0) is 26.4 Å². The van der Waals surface area contributed by atoms with Crippen molar-refractivity contribution in [3.05, 3.63) is 190 Å². The Bertz CT molecular complexity index is 2240. The normalized spacial score (nSPS) is 10.9. The molecule has 0 aliphatic carbocycles. The molecule has 0 amide bonds. The standard InChI is InChI=1S/C43H33FO6/c44-36-23-34(21-22-37(36)47-27-31-15-7-2-8-16-31)42-43(49-29-33-19-11-4-12-20-33)41(45)40-38(48-28-32-17-9-3-10-18-32)24-35(25-39(40)50-42)46-26-30-13-5-1-6-14-30/h1-25H,26-29H2. The van der Waals surface area contributed by atoms with Gasteiger partial charge in [0.1, 0.15) is 48.9 Å². The van der Waals surface area contributed by atoms with Gasteiger partial charge in [0, 0.05) is 17.7 Å². The summed E-state index contributed by atoms with van der Waals surface area (Å²) in [5.41, 5.74) is 3.69. The zero-order valence-corrected chi connectivity index (χ0v) is 27.1. The fraction of sp³-hybridized carbons (Fsp3) is 0.0930. The quantitative estimate of drug-likeness (QED) is 0.122. The van der Waals surface area contributed by atoms with Gasteiger partial charge in [-0.2, -0.15) is 0 Å². The molecule has 7 rings (SSSR count). The van der Waals surface area contributed by atoms with E-state index in [-0.39, 0.29) is 60.4 Å². The molecule has 0 saturated heterocycles. The molecular weight excluding hydrogens is 631 g/mol. The molecule has 0 saturated carbocycles. The van der Waals surface area contributed by atoms with E-state index in [1.54, 1.807) is 18.2 Å². The predicted molar refractivity (Wildman–Crippen MR) is 191 cm³/mol. The molecule has 50 heavy (non-hydrogen) atoms. The predicted octanol–water partition coefficient (Wildman–Crippen LogP) is 9.92. The average molecular weight is 665 g/mol. The van der Waals surface area contributed by atoms with E-state index in [1.165, 1.54) is 12.1 Å². The number of benzene rings is 6. The van der Waals surface area contributed by atoms with Crippen molar-refractivity contribution < 1.29 is 27.8 Å². The van der Waals surface area contributed by atoms with Crippen LogP contribution in [0.4, 0.5) is 4.39 Å². The van der Waals surface area contributed by atoms with Gasteiger partial charge in [-0.05, 0) is 40.5 Å². The van der Waals surface area contributed by atoms with Gasteiger partial charge < -0.3 is 23.4 Å². The lowest BCUT2D eigenvalue weighted by Crippen LogP contribution is -2.12. The van der Waals surface area contributed by atoms with Gasteiger partial charge in [0.2, 0.25) is 11.2 Å². The van der Waals surface area contributed by atoms with Crippen molar-refractivity contribution >= 4 is 11.0 Å². The van der Waals surface area contributed by atoms with Gasteiger partial charge in [0.25, 0.3) is 0 Å². The molecule has 0 unspecified atom stereocenters. The van der Waals surface area contributed by atoms with Crippen LogP contribution in [0.1, 0.15) is 22.3 Å². The highest BCUT2D eigenvalue weighted by molar-refractivity contribution is 5.88. The minimum absolute atomic E-state index is 0.0683. The number of rotatable bonds is 13. The monoisotopic (exact) mass is 664 g/mol. The minimum atomic E-state index is -0.609. The first-order valence-electron chi connectivity index (χ1n) is 16.2. The maximum atomic E-state index is 15.6. The van der Waals surface area contributed by atoms with Crippen molar-refractivity contribution in [3.8, 4) is 34.3 Å². The van der Waals surface area contributed by atoms with Gasteiger partial charge in [-0.1, -0.05) is 121 Å². The molecule has 0 N–H and O–H groups in total. The SMILES string of the molecule is O=c1c(OCc2ccccc2)c(-c2ccc(OCc3ccccc3)c(F)c2)oc2cc(OCc3ccccc3)cc(OCc3ccccc3)c12. The average Bonchev–Trinajstić information content (AvgIpc) is 3.16. The molecule has 6 nitrogen and oxygen atoms in total. The van der Waals surface area contributed by atoms with Gasteiger partial charge in [0.15, 0.2) is 17.3 Å². The maximum absolute atomic E-state index is 15.6. The topological polar surface area (TPSA) is 67.1 Å². The summed E-state index contributed by atoms with van der Waals surface area (Å²) in [5.74, 6) is 0.174. The van der Waals surface area contributed by atoms with Crippen molar-refractivity contribution in [2.45, 2.75) is 26.4 Å². The summed E-state index contributed by atoms with van der Waals surface area (Å²) in [6.07, 6.45) is 0.